The summed E-state index contributed by atoms with van der Waals surface area (Å²) in [5, 5.41) is 1.25. The molecule has 0 fully saturated rings. The minimum atomic E-state index is -0.257. The maximum atomic E-state index is 12.4. The van der Waals surface area contributed by atoms with Gasteiger partial charge in [0.25, 0.3) is 5.91 Å². The lowest BCUT2D eigenvalue weighted by Gasteiger charge is -2.18. The van der Waals surface area contributed by atoms with E-state index in [2.05, 4.69) is 4.98 Å². The van der Waals surface area contributed by atoms with Gasteiger partial charge >= 0.3 is 0 Å². The second-order valence-electron chi connectivity index (χ2n) is 4.53. The summed E-state index contributed by atoms with van der Waals surface area (Å²) >= 11 is 17.7. The predicted octanol–water partition coefficient (Wildman–Crippen LogP) is 3.90. The van der Waals surface area contributed by atoms with Crippen molar-refractivity contribution in [2.24, 2.45) is 0 Å². The quantitative estimate of drug-likeness (QED) is 0.859. The Morgan fingerprint density at radius 3 is 2.43 bits per heavy atom. The van der Waals surface area contributed by atoms with Crippen molar-refractivity contribution in [2.75, 3.05) is 12.8 Å². The first kappa shape index (κ1) is 15.9. The second-order valence-corrected chi connectivity index (χ2v) is 5.79. The number of nitrogens with zero attached hydrogens (tertiary/aromatic N) is 2. The molecule has 0 saturated carbocycles. The third kappa shape index (κ3) is 4.00. The highest BCUT2D eigenvalue weighted by Gasteiger charge is 2.16. The van der Waals surface area contributed by atoms with E-state index in [-0.39, 0.29) is 16.7 Å². The molecule has 21 heavy (non-hydrogen) atoms. The summed E-state index contributed by atoms with van der Waals surface area (Å²) in [5.41, 5.74) is 7.17. The van der Waals surface area contributed by atoms with Crippen LogP contribution in [0.25, 0.3) is 0 Å². The molecule has 7 heteroatoms. The van der Waals surface area contributed by atoms with Crippen LogP contribution in [-0.4, -0.2) is 22.8 Å². The van der Waals surface area contributed by atoms with E-state index in [0.29, 0.717) is 22.2 Å². The van der Waals surface area contributed by atoms with Crippen molar-refractivity contribution in [2.45, 2.75) is 6.54 Å². The van der Waals surface area contributed by atoms with Crippen LogP contribution >= 0.6 is 34.8 Å². The highest BCUT2D eigenvalue weighted by molar-refractivity contribution is 6.34. The number of hydrogen-bond acceptors (Lipinski definition) is 3. The van der Waals surface area contributed by atoms with Crippen molar-refractivity contribution in [1.29, 1.82) is 0 Å². The summed E-state index contributed by atoms with van der Waals surface area (Å²) in [7, 11) is 1.66. The van der Waals surface area contributed by atoms with Gasteiger partial charge in [0.1, 0.15) is 5.15 Å². The van der Waals surface area contributed by atoms with Gasteiger partial charge in [-0.2, -0.15) is 0 Å². The fourth-order valence-electron chi connectivity index (χ4n) is 1.88. The number of nitrogens with two attached hydrogens (primary N) is 1. The van der Waals surface area contributed by atoms with Gasteiger partial charge in [0.05, 0.1) is 17.4 Å². The molecule has 1 aromatic carbocycles. The van der Waals surface area contributed by atoms with Gasteiger partial charge in [0.15, 0.2) is 0 Å². The predicted molar refractivity (Wildman–Crippen MR) is 85.9 cm³/mol. The van der Waals surface area contributed by atoms with Crippen LogP contribution in [0.1, 0.15) is 15.9 Å². The van der Waals surface area contributed by atoms with Crippen molar-refractivity contribution in [3.8, 4) is 0 Å². The molecule has 0 unspecified atom stereocenters. The van der Waals surface area contributed by atoms with Crippen LogP contribution < -0.4 is 5.73 Å². The van der Waals surface area contributed by atoms with Crippen molar-refractivity contribution in [1.82, 2.24) is 9.88 Å². The molecule has 1 amide bonds. The molecule has 0 spiro atoms. The molecule has 0 bridgehead atoms. The highest BCUT2D eigenvalue weighted by Crippen LogP contribution is 2.21. The third-order valence-corrected chi connectivity index (χ3v) is 3.46. The van der Waals surface area contributed by atoms with Crippen LogP contribution in [0.2, 0.25) is 15.2 Å². The van der Waals surface area contributed by atoms with E-state index in [1.54, 1.807) is 25.2 Å². The monoisotopic (exact) mass is 343 g/mol. The molecule has 1 heterocycles. The van der Waals surface area contributed by atoms with Crippen LogP contribution in [0.4, 0.5) is 5.69 Å². The molecule has 2 N–H and O–H groups in total. The lowest BCUT2D eigenvalue weighted by molar-refractivity contribution is 0.0786. The van der Waals surface area contributed by atoms with E-state index in [9.17, 15) is 4.79 Å². The number of nitrogen functional groups attached to an aromatic ring is 1. The lowest BCUT2D eigenvalue weighted by Crippen LogP contribution is -2.27. The fraction of sp³-hybridized carbons (Fsp3) is 0.143. The zero-order valence-electron chi connectivity index (χ0n) is 11.1. The average molecular weight is 345 g/mol. The van der Waals surface area contributed by atoms with Gasteiger partial charge < -0.3 is 10.6 Å². The third-order valence-electron chi connectivity index (χ3n) is 2.82. The normalized spacial score (nSPS) is 10.5. The summed E-state index contributed by atoms with van der Waals surface area (Å²) in [6.07, 6.45) is 1.36. The summed E-state index contributed by atoms with van der Waals surface area (Å²) in [4.78, 5) is 17.7. The molecule has 2 rings (SSSR count). The molecule has 1 aromatic heterocycles. The zero-order chi connectivity index (χ0) is 15.6. The number of carbonyl (C=O) groups excluding carboxylic acids is 1. The minimum Gasteiger partial charge on any atom is -0.397 e. The lowest BCUT2D eigenvalue weighted by atomic mass is 10.1. The van der Waals surface area contributed by atoms with Gasteiger partial charge in [-0.05, 0) is 29.8 Å². The van der Waals surface area contributed by atoms with E-state index in [1.165, 1.54) is 17.2 Å². The number of carbonyl (C=O) groups is 1. The van der Waals surface area contributed by atoms with Crippen molar-refractivity contribution in [3.63, 3.8) is 0 Å². The number of amides is 1. The summed E-state index contributed by atoms with van der Waals surface area (Å²) in [6.45, 7) is 0.346. The number of pyridine rings is 1. The van der Waals surface area contributed by atoms with Gasteiger partial charge in [-0.3, -0.25) is 4.79 Å². The smallest absolute Gasteiger partial charge is 0.256 e. The molecular weight excluding hydrogens is 333 g/mol. The van der Waals surface area contributed by atoms with E-state index >= 15 is 0 Å². The summed E-state index contributed by atoms with van der Waals surface area (Å²) < 4.78 is 0. The summed E-state index contributed by atoms with van der Waals surface area (Å²) in [5.74, 6) is -0.257. The standard InChI is InChI=1S/C14H12Cl3N3O/c1-20(7-8-2-9(15)4-10(16)3-8)14(21)11-5-13(17)19-6-12(11)18/h2-6H,7,18H2,1H3. The van der Waals surface area contributed by atoms with E-state index in [0.717, 1.165) is 5.56 Å². The maximum absolute atomic E-state index is 12.4. The highest BCUT2D eigenvalue weighted by atomic mass is 35.5. The van der Waals surface area contributed by atoms with Crippen LogP contribution in [-0.2, 0) is 6.54 Å². The molecule has 2 aromatic rings. The Labute approximate surface area is 137 Å². The molecule has 0 saturated heterocycles. The topological polar surface area (TPSA) is 59.2 Å². The Morgan fingerprint density at radius 1 is 1.19 bits per heavy atom. The minimum absolute atomic E-state index is 0.215. The number of anilines is 1. The molecule has 0 aliphatic heterocycles. The fourth-order valence-corrected chi connectivity index (χ4v) is 2.61. The second kappa shape index (κ2) is 6.52. The number of aromatic nitrogens is 1. The first-order valence-electron chi connectivity index (χ1n) is 5.98. The molecule has 110 valence electrons. The molecule has 0 atom stereocenters. The maximum Gasteiger partial charge on any atom is 0.256 e. The van der Waals surface area contributed by atoms with E-state index in [1.807, 2.05) is 0 Å². The Bertz CT molecular complexity index is 671. The molecule has 0 aliphatic carbocycles. The Balaban J connectivity index is 2.21. The number of halogens is 3. The Morgan fingerprint density at radius 2 is 1.81 bits per heavy atom. The Kier molecular flexibility index (Phi) is 4.93. The van der Waals surface area contributed by atoms with E-state index in [4.69, 9.17) is 40.5 Å². The van der Waals surface area contributed by atoms with E-state index < -0.39 is 0 Å². The zero-order valence-corrected chi connectivity index (χ0v) is 13.4. The van der Waals surface area contributed by atoms with Gasteiger partial charge in [-0.25, -0.2) is 4.98 Å². The van der Waals surface area contributed by atoms with Crippen LogP contribution in [0.3, 0.4) is 0 Å². The number of hydrogen-bond donors (Lipinski definition) is 1. The summed E-state index contributed by atoms with van der Waals surface area (Å²) in [6, 6.07) is 6.58. The van der Waals surface area contributed by atoms with Crippen molar-refractivity contribution in [3.05, 3.63) is 56.8 Å². The molecule has 0 aliphatic rings. The van der Waals surface area contributed by atoms with Crippen LogP contribution in [0, 0.1) is 0 Å². The van der Waals surface area contributed by atoms with Gasteiger partial charge in [-0.1, -0.05) is 34.8 Å². The van der Waals surface area contributed by atoms with Crippen molar-refractivity contribution >= 4 is 46.4 Å². The first-order valence-corrected chi connectivity index (χ1v) is 7.11. The van der Waals surface area contributed by atoms with Crippen molar-refractivity contribution < 1.29 is 4.79 Å². The Hall–Kier alpha value is -1.49. The van der Waals surface area contributed by atoms with Gasteiger partial charge in [0.2, 0.25) is 0 Å². The average Bonchev–Trinajstić information content (AvgIpc) is 2.39. The number of rotatable bonds is 3. The largest absolute Gasteiger partial charge is 0.397 e. The molecule has 4 nitrogen and oxygen atoms in total. The molecular formula is C14H12Cl3N3O. The first-order chi connectivity index (χ1) is 9.86. The van der Waals surface area contributed by atoms with Gasteiger partial charge in [-0.15, -0.1) is 0 Å². The number of benzene rings is 1. The van der Waals surface area contributed by atoms with Gasteiger partial charge in [0, 0.05) is 23.6 Å². The molecule has 0 radical (unpaired) electrons. The van der Waals surface area contributed by atoms with Crippen LogP contribution in [0.15, 0.2) is 30.5 Å². The van der Waals surface area contributed by atoms with Crippen LogP contribution in [0.5, 0.6) is 0 Å². The SMILES string of the molecule is CN(Cc1cc(Cl)cc(Cl)c1)C(=O)c1cc(Cl)ncc1N.